The number of aryl methyl sites for hydroxylation is 1. The Hall–Kier alpha value is -2.37. The molecular formula is C13H15N3O3. The molecule has 6 heteroatoms. The molecule has 0 bridgehead atoms. The molecule has 2 aromatic rings. The normalized spacial score (nSPS) is 12.1. The van der Waals surface area contributed by atoms with Gasteiger partial charge in [0.25, 0.3) is 5.69 Å². The van der Waals surface area contributed by atoms with Crippen LogP contribution in [-0.4, -0.2) is 15.9 Å². The molecule has 2 aromatic heterocycles. The van der Waals surface area contributed by atoms with Crippen molar-refractivity contribution in [2.24, 2.45) is 0 Å². The van der Waals surface area contributed by atoms with Crippen molar-refractivity contribution >= 4 is 11.5 Å². The number of anilines is 1. The quantitative estimate of drug-likeness (QED) is 0.661. The Morgan fingerprint density at radius 3 is 2.95 bits per heavy atom. The average Bonchev–Trinajstić information content (AvgIpc) is 2.84. The Bertz CT molecular complexity index is 567. The van der Waals surface area contributed by atoms with E-state index < -0.39 is 4.92 Å². The zero-order valence-corrected chi connectivity index (χ0v) is 10.8. The first kappa shape index (κ1) is 13.1. The molecule has 19 heavy (non-hydrogen) atoms. The third-order valence-corrected chi connectivity index (χ3v) is 2.75. The van der Waals surface area contributed by atoms with Crippen LogP contribution < -0.4 is 5.32 Å². The molecule has 2 rings (SSSR count). The van der Waals surface area contributed by atoms with E-state index in [1.807, 2.05) is 19.1 Å². The van der Waals surface area contributed by atoms with E-state index in [9.17, 15) is 10.1 Å². The van der Waals surface area contributed by atoms with Crippen LogP contribution in [0.2, 0.25) is 0 Å². The molecule has 0 aliphatic heterocycles. The van der Waals surface area contributed by atoms with E-state index in [2.05, 4.69) is 10.3 Å². The molecule has 0 amide bonds. The van der Waals surface area contributed by atoms with Crippen molar-refractivity contribution < 1.29 is 9.34 Å². The molecule has 2 heterocycles. The van der Waals surface area contributed by atoms with Gasteiger partial charge in [0, 0.05) is 18.5 Å². The molecule has 0 fully saturated rings. The maximum Gasteiger partial charge on any atom is 0.287 e. The van der Waals surface area contributed by atoms with Gasteiger partial charge in [-0.1, -0.05) is 0 Å². The van der Waals surface area contributed by atoms with E-state index in [0.29, 0.717) is 5.82 Å². The molecule has 100 valence electrons. The van der Waals surface area contributed by atoms with Crippen LogP contribution in [0.4, 0.5) is 11.5 Å². The molecule has 0 aliphatic rings. The second-order valence-electron chi connectivity index (χ2n) is 4.45. The molecule has 6 nitrogen and oxygen atoms in total. The highest BCUT2D eigenvalue weighted by atomic mass is 16.6. The van der Waals surface area contributed by atoms with E-state index >= 15 is 0 Å². The minimum atomic E-state index is -0.448. The predicted octanol–water partition coefficient (Wildman–Crippen LogP) is 2.93. The lowest BCUT2D eigenvalue weighted by atomic mass is 10.2. The monoisotopic (exact) mass is 261 g/mol. The van der Waals surface area contributed by atoms with E-state index in [4.69, 9.17) is 4.42 Å². The van der Waals surface area contributed by atoms with Gasteiger partial charge in [-0.15, -0.1) is 0 Å². The second-order valence-corrected chi connectivity index (χ2v) is 4.45. The second kappa shape index (κ2) is 5.51. The molecule has 1 atom stereocenters. The minimum Gasteiger partial charge on any atom is -0.469 e. The Morgan fingerprint density at radius 1 is 1.58 bits per heavy atom. The van der Waals surface area contributed by atoms with Crippen LogP contribution in [0, 0.1) is 17.0 Å². The summed E-state index contributed by atoms with van der Waals surface area (Å²) < 4.78 is 5.27. The summed E-state index contributed by atoms with van der Waals surface area (Å²) in [5.41, 5.74) is 0.752. The Balaban J connectivity index is 2.04. The Labute approximate surface area is 110 Å². The van der Waals surface area contributed by atoms with E-state index in [1.54, 1.807) is 13.2 Å². The summed E-state index contributed by atoms with van der Waals surface area (Å²) >= 11 is 0. The largest absolute Gasteiger partial charge is 0.469 e. The first-order valence-corrected chi connectivity index (χ1v) is 5.96. The summed E-state index contributed by atoms with van der Waals surface area (Å²) in [5, 5.41) is 13.9. The number of furan rings is 1. The van der Waals surface area contributed by atoms with Crippen LogP contribution in [0.15, 0.2) is 35.1 Å². The van der Waals surface area contributed by atoms with Crippen molar-refractivity contribution in [3.8, 4) is 0 Å². The highest BCUT2D eigenvalue weighted by Crippen LogP contribution is 2.19. The smallest absolute Gasteiger partial charge is 0.287 e. The highest BCUT2D eigenvalue weighted by Gasteiger charge is 2.12. The average molecular weight is 261 g/mol. The van der Waals surface area contributed by atoms with E-state index in [0.717, 1.165) is 17.7 Å². The zero-order chi connectivity index (χ0) is 13.8. The number of nitro groups is 1. The number of nitrogens with one attached hydrogen (secondary N) is 1. The van der Waals surface area contributed by atoms with Crippen LogP contribution in [0.25, 0.3) is 0 Å². The molecule has 0 spiro atoms. The van der Waals surface area contributed by atoms with Gasteiger partial charge in [-0.05, 0) is 31.5 Å². The number of hydrogen-bond acceptors (Lipinski definition) is 5. The van der Waals surface area contributed by atoms with E-state index in [-0.39, 0.29) is 11.7 Å². The molecule has 0 saturated carbocycles. The van der Waals surface area contributed by atoms with Gasteiger partial charge in [0.15, 0.2) is 0 Å². The van der Waals surface area contributed by atoms with E-state index in [1.165, 1.54) is 12.3 Å². The van der Waals surface area contributed by atoms with Crippen molar-refractivity contribution in [3.63, 3.8) is 0 Å². The van der Waals surface area contributed by atoms with Crippen LogP contribution in [0.1, 0.15) is 18.2 Å². The molecular weight excluding hydrogens is 246 g/mol. The maximum absolute atomic E-state index is 10.6. The number of nitrogens with zero attached hydrogens (tertiary/aromatic N) is 2. The lowest BCUT2D eigenvalue weighted by Crippen LogP contribution is -2.19. The number of aromatic nitrogens is 1. The SMILES string of the molecule is Cc1cc([N+](=O)[O-])cnc1NC(C)Cc1ccco1. The third-order valence-electron chi connectivity index (χ3n) is 2.75. The Kier molecular flexibility index (Phi) is 3.79. The van der Waals surface area contributed by atoms with Crippen molar-refractivity contribution in [1.82, 2.24) is 4.98 Å². The first-order valence-electron chi connectivity index (χ1n) is 5.96. The third kappa shape index (κ3) is 3.31. The number of hydrogen-bond donors (Lipinski definition) is 1. The van der Waals surface area contributed by atoms with Gasteiger partial charge in [-0.3, -0.25) is 10.1 Å². The summed E-state index contributed by atoms with van der Waals surface area (Å²) in [7, 11) is 0. The summed E-state index contributed by atoms with van der Waals surface area (Å²) in [6.07, 6.45) is 3.62. The Morgan fingerprint density at radius 2 is 2.37 bits per heavy atom. The molecule has 0 aliphatic carbocycles. The molecule has 0 saturated heterocycles. The fourth-order valence-electron chi connectivity index (χ4n) is 1.83. The standard InChI is InChI=1S/C13H15N3O3/c1-9-6-11(16(17)18)8-14-13(9)15-10(2)7-12-4-3-5-19-12/h3-6,8,10H,7H2,1-2H3,(H,14,15). The number of pyridine rings is 1. The minimum absolute atomic E-state index is 0.00161. The molecule has 0 aromatic carbocycles. The lowest BCUT2D eigenvalue weighted by molar-refractivity contribution is -0.385. The van der Waals surface area contributed by atoms with Crippen molar-refractivity contribution in [3.05, 3.63) is 52.1 Å². The van der Waals surface area contributed by atoms with Crippen LogP contribution in [0.3, 0.4) is 0 Å². The highest BCUT2D eigenvalue weighted by molar-refractivity contribution is 5.48. The van der Waals surface area contributed by atoms with Gasteiger partial charge < -0.3 is 9.73 Å². The topological polar surface area (TPSA) is 81.2 Å². The van der Waals surface area contributed by atoms with Crippen LogP contribution in [0.5, 0.6) is 0 Å². The van der Waals surface area contributed by atoms with Crippen LogP contribution >= 0.6 is 0 Å². The fraction of sp³-hybridized carbons (Fsp3) is 0.308. The summed E-state index contributed by atoms with van der Waals surface area (Å²) in [6.45, 7) is 3.80. The summed E-state index contributed by atoms with van der Waals surface area (Å²) in [4.78, 5) is 14.3. The van der Waals surface area contributed by atoms with Gasteiger partial charge in [0.2, 0.25) is 0 Å². The number of rotatable bonds is 5. The fourth-order valence-corrected chi connectivity index (χ4v) is 1.83. The van der Waals surface area contributed by atoms with Gasteiger partial charge in [0.1, 0.15) is 17.8 Å². The van der Waals surface area contributed by atoms with Crippen molar-refractivity contribution in [1.29, 1.82) is 0 Å². The maximum atomic E-state index is 10.6. The van der Waals surface area contributed by atoms with Gasteiger partial charge in [0.05, 0.1) is 11.2 Å². The summed E-state index contributed by atoms with van der Waals surface area (Å²) in [6, 6.07) is 5.39. The van der Waals surface area contributed by atoms with Gasteiger partial charge >= 0.3 is 0 Å². The zero-order valence-electron chi connectivity index (χ0n) is 10.8. The molecule has 0 radical (unpaired) electrons. The summed E-state index contributed by atoms with van der Waals surface area (Å²) in [5.74, 6) is 1.55. The molecule has 1 N–H and O–H groups in total. The van der Waals surface area contributed by atoms with Crippen LogP contribution in [-0.2, 0) is 6.42 Å². The lowest BCUT2D eigenvalue weighted by Gasteiger charge is -2.14. The van der Waals surface area contributed by atoms with Crippen molar-refractivity contribution in [2.45, 2.75) is 26.3 Å². The first-order chi connectivity index (χ1) is 9.06. The van der Waals surface area contributed by atoms with Crippen molar-refractivity contribution in [2.75, 3.05) is 5.32 Å². The van der Waals surface area contributed by atoms with Gasteiger partial charge in [-0.2, -0.15) is 0 Å². The molecule has 1 unspecified atom stereocenters. The van der Waals surface area contributed by atoms with Gasteiger partial charge in [-0.25, -0.2) is 4.98 Å². The predicted molar refractivity (Wildman–Crippen MR) is 71.1 cm³/mol.